The molecule has 3 aromatic rings. The van der Waals surface area contributed by atoms with Crippen LogP contribution in [0.25, 0.3) is 10.8 Å². The van der Waals surface area contributed by atoms with E-state index in [4.69, 9.17) is 0 Å². The standard InChI is InChI=1S/C28H30O/c29-28(19-18-22-10-3-1-4-11-22)26(20-23-12-5-2-6-13-23)21-25-16-9-15-24-14-7-8-17-27(24)25/h1,3-4,7-11,14-17,20,23H,2,5-6,12-13,18-19,21H2/b26-20+. The summed E-state index contributed by atoms with van der Waals surface area (Å²) in [6.45, 7) is 0. The molecule has 0 unspecified atom stereocenters. The number of carbonyl (C=O) groups is 1. The van der Waals surface area contributed by atoms with Gasteiger partial charge in [0.15, 0.2) is 5.78 Å². The van der Waals surface area contributed by atoms with E-state index in [1.54, 1.807) is 0 Å². The highest BCUT2D eigenvalue weighted by atomic mass is 16.1. The van der Waals surface area contributed by atoms with Crippen LogP contribution in [0.2, 0.25) is 0 Å². The molecule has 1 aliphatic rings. The van der Waals surface area contributed by atoms with E-state index in [1.807, 2.05) is 6.07 Å². The third-order valence-corrected chi connectivity index (χ3v) is 6.19. The molecule has 4 rings (SSSR count). The number of benzene rings is 3. The quantitative estimate of drug-likeness (QED) is 0.399. The molecule has 0 radical (unpaired) electrons. The van der Waals surface area contributed by atoms with Crippen molar-refractivity contribution >= 4 is 16.6 Å². The van der Waals surface area contributed by atoms with Crippen LogP contribution in [0.1, 0.15) is 49.7 Å². The highest BCUT2D eigenvalue weighted by Gasteiger charge is 2.17. The summed E-state index contributed by atoms with van der Waals surface area (Å²) in [7, 11) is 0. The molecule has 1 heteroatoms. The molecule has 3 aromatic carbocycles. The van der Waals surface area contributed by atoms with E-state index >= 15 is 0 Å². The Kier molecular flexibility index (Phi) is 6.56. The Morgan fingerprint density at radius 3 is 2.38 bits per heavy atom. The summed E-state index contributed by atoms with van der Waals surface area (Å²) in [5.74, 6) is 0.877. The van der Waals surface area contributed by atoms with Gasteiger partial charge < -0.3 is 0 Å². The minimum absolute atomic E-state index is 0.312. The van der Waals surface area contributed by atoms with Crippen LogP contribution in [0.3, 0.4) is 0 Å². The number of fused-ring (bicyclic) bond motifs is 1. The highest BCUT2D eigenvalue weighted by Crippen LogP contribution is 2.28. The minimum atomic E-state index is 0.312. The lowest BCUT2D eigenvalue weighted by atomic mass is 9.85. The van der Waals surface area contributed by atoms with Crippen molar-refractivity contribution < 1.29 is 4.79 Å². The van der Waals surface area contributed by atoms with Crippen LogP contribution < -0.4 is 0 Å². The third-order valence-electron chi connectivity index (χ3n) is 6.19. The number of hydrogen-bond donors (Lipinski definition) is 0. The first-order valence-electron chi connectivity index (χ1n) is 11.0. The van der Waals surface area contributed by atoms with Gasteiger partial charge >= 0.3 is 0 Å². The molecule has 0 amide bonds. The van der Waals surface area contributed by atoms with Gasteiger partial charge in [-0.3, -0.25) is 4.79 Å². The van der Waals surface area contributed by atoms with Crippen LogP contribution >= 0.6 is 0 Å². The predicted molar refractivity (Wildman–Crippen MR) is 122 cm³/mol. The second-order valence-electron chi connectivity index (χ2n) is 8.31. The summed E-state index contributed by atoms with van der Waals surface area (Å²) >= 11 is 0. The van der Waals surface area contributed by atoms with Crippen molar-refractivity contribution in [2.75, 3.05) is 0 Å². The molecule has 1 saturated carbocycles. The van der Waals surface area contributed by atoms with Crippen molar-refractivity contribution in [1.82, 2.24) is 0 Å². The van der Waals surface area contributed by atoms with Crippen molar-refractivity contribution in [2.45, 2.75) is 51.4 Å². The number of carbonyl (C=O) groups excluding carboxylic acids is 1. The van der Waals surface area contributed by atoms with Gasteiger partial charge in [-0.05, 0) is 52.7 Å². The Bertz CT molecular complexity index is 972. The molecule has 0 spiro atoms. The van der Waals surface area contributed by atoms with E-state index in [0.29, 0.717) is 18.1 Å². The second-order valence-corrected chi connectivity index (χ2v) is 8.31. The molecule has 0 saturated heterocycles. The maximum absolute atomic E-state index is 13.3. The van der Waals surface area contributed by atoms with Gasteiger partial charge in [0, 0.05) is 12.8 Å². The lowest BCUT2D eigenvalue weighted by molar-refractivity contribution is -0.115. The van der Waals surface area contributed by atoms with E-state index in [0.717, 1.165) is 18.4 Å². The highest BCUT2D eigenvalue weighted by molar-refractivity contribution is 5.97. The molecule has 0 N–H and O–H groups in total. The smallest absolute Gasteiger partial charge is 0.159 e. The molecule has 1 nitrogen and oxygen atoms in total. The first-order chi connectivity index (χ1) is 14.3. The number of Topliss-reactive ketones (excluding diaryl/α,β-unsaturated/α-hetero) is 1. The summed E-state index contributed by atoms with van der Waals surface area (Å²) in [4.78, 5) is 13.3. The van der Waals surface area contributed by atoms with Crippen molar-refractivity contribution in [2.24, 2.45) is 5.92 Å². The Morgan fingerprint density at radius 2 is 1.55 bits per heavy atom. The van der Waals surface area contributed by atoms with Gasteiger partial charge in [-0.2, -0.15) is 0 Å². The van der Waals surface area contributed by atoms with Crippen LogP contribution in [0.4, 0.5) is 0 Å². The zero-order valence-electron chi connectivity index (χ0n) is 17.1. The van der Waals surface area contributed by atoms with Crippen LogP contribution in [-0.4, -0.2) is 5.78 Å². The SMILES string of the molecule is O=C(CCc1ccccc1)/C(=C/C1CCCCC1)Cc1cccc2ccccc12. The van der Waals surface area contributed by atoms with Gasteiger partial charge in [-0.1, -0.05) is 98.1 Å². The number of ketones is 1. The molecule has 1 aliphatic carbocycles. The Labute approximate surface area is 174 Å². The molecule has 0 atom stereocenters. The van der Waals surface area contributed by atoms with Crippen molar-refractivity contribution in [3.05, 3.63) is 95.6 Å². The second kappa shape index (κ2) is 9.69. The molecule has 1 fully saturated rings. The molecule has 0 aromatic heterocycles. The van der Waals surface area contributed by atoms with E-state index in [1.165, 1.54) is 54.0 Å². The van der Waals surface area contributed by atoms with Gasteiger partial charge in [-0.25, -0.2) is 0 Å². The predicted octanol–water partition coefficient (Wildman–Crippen LogP) is 7.09. The van der Waals surface area contributed by atoms with E-state index in [9.17, 15) is 4.79 Å². The van der Waals surface area contributed by atoms with E-state index in [-0.39, 0.29) is 0 Å². The largest absolute Gasteiger partial charge is 0.295 e. The summed E-state index contributed by atoms with van der Waals surface area (Å²) in [6.07, 6.45) is 10.9. The van der Waals surface area contributed by atoms with Gasteiger partial charge in [0.05, 0.1) is 0 Å². The zero-order valence-corrected chi connectivity index (χ0v) is 17.1. The fourth-order valence-electron chi connectivity index (χ4n) is 4.55. The zero-order chi connectivity index (χ0) is 19.9. The lowest BCUT2D eigenvalue weighted by Crippen LogP contribution is -2.11. The average Bonchev–Trinajstić information content (AvgIpc) is 2.78. The minimum Gasteiger partial charge on any atom is -0.295 e. The number of aryl methyl sites for hydroxylation is 1. The molecule has 29 heavy (non-hydrogen) atoms. The van der Waals surface area contributed by atoms with E-state index < -0.39 is 0 Å². The van der Waals surface area contributed by atoms with Gasteiger partial charge in [0.25, 0.3) is 0 Å². The third kappa shape index (κ3) is 5.23. The summed E-state index contributed by atoms with van der Waals surface area (Å²) < 4.78 is 0. The maximum atomic E-state index is 13.3. The van der Waals surface area contributed by atoms with Crippen LogP contribution in [0.15, 0.2) is 84.4 Å². The molecular formula is C28H30O. The topological polar surface area (TPSA) is 17.1 Å². The monoisotopic (exact) mass is 382 g/mol. The van der Waals surface area contributed by atoms with Crippen LogP contribution in [0, 0.1) is 5.92 Å². The molecule has 148 valence electrons. The summed E-state index contributed by atoms with van der Waals surface area (Å²) in [5, 5.41) is 2.51. The Balaban J connectivity index is 1.57. The number of allylic oxidation sites excluding steroid dienone is 2. The normalized spacial score (nSPS) is 15.5. The van der Waals surface area contributed by atoms with Crippen molar-refractivity contribution in [3.8, 4) is 0 Å². The summed E-state index contributed by atoms with van der Waals surface area (Å²) in [5.41, 5.74) is 3.52. The molecular weight excluding hydrogens is 352 g/mol. The van der Waals surface area contributed by atoms with Crippen LogP contribution in [0.5, 0.6) is 0 Å². The van der Waals surface area contributed by atoms with Gasteiger partial charge in [0.1, 0.15) is 0 Å². The fourth-order valence-corrected chi connectivity index (χ4v) is 4.55. The summed E-state index contributed by atoms with van der Waals surface area (Å²) in [6, 6.07) is 25.3. The van der Waals surface area contributed by atoms with Crippen LogP contribution in [-0.2, 0) is 17.6 Å². The van der Waals surface area contributed by atoms with Gasteiger partial charge in [0.2, 0.25) is 0 Å². The Morgan fingerprint density at radius 1 is 0.828 bits per heavy atom. The number of rotatable bonds is 7. The average molecular weight is 383 g/mol. The molecule has 0 bridgehead atoms. The van der Waals surface area contributed by atoms with Crippen molar-refractivity contribution in [1.29, 1.82) is 0 Å². The Hall–Kier alpha value is -2.67. The molecule has 0 heterocycles. The lowest BCUT2D eigenvalue weighted by Gasteiger charge is -2.20. The van der Waals surface area contributed by atoms with Gasteiger partial charge in [-0.15, -0.1) is 0 Å². The molecule has 0 aliphatic heterocycles. The number of hydrogen-bond acceptors (Lipinski definition) is 1. The first-order valence-corrected chi connectivity index (χ1v) is 11.0. The van der Waals surface area contributed by atoms with E-state index in [2.05, 4.69) is 72.8 Å². The maximum Gasteiger partial charge on any atom is 0.159 e. The first kappa shape index (κ1) is 19.6. The fraction of sp³-hybridized carbons (Fsp3) is 0.321. The van der Waals surface area contributed by atoms with Crippen molar-refractivity contribution in [3.63, 3.8) is 0 Å².